The average molecular weight is 250 g/mol. The quantitative estimate of drug-likeness (QED) is 0.580. The molecule has 0 saturated carbocycles. The molecule has 2 nitrogen and oxygen atoms in total. The molecule has 0 saturated heterocycles. The molecule has 2 rings (SSSR count). The summed E-state index contributed by atoms with van der Waals surface area (Å²) in [5.74, 6) is 0.644. The van der Waals surface area contributed by atoms with Crippen molar-refractivity contribution in [2.75, 3.05) is 5.88 Å². The summed E-state index contributed by atoms with van der Waals surface area (Å²) >= 11 is 5.66. The summed E-state index contributed by atoms with van der Waals surface area (Å²) in [6, 6.07) is 6.12. The lowest BCUT2D eigenvalue weighted by molar-refractivity contribution is -0.112. The number of hydrogen-bond donors (Lipinski definition) is 0. The van der Waals surface area contributed by atoms with Crippen LogP contribution in [0.3, 0.4) is 0 Å². The Bertz CT molecular complexity index is 548. The molecule has 0 aliphatic carbocycles. The van der Waals surface area contributed by atoms with Gasteiger partial charge in [-0.05, 0) is 43.4 Å². The van der Waals surface area contributed by atoms with Gasteiger partial charge >= 0.3 is 0 Å². The van der Waals surface area contributed by atoms with E-state index in [9.17, 15) is 4.79 Å². The fourth-order valence-corrected chi connectivity index (χ4v) is 2.32. The average Bonchev–Trinajstić information content (AvgIpc) is 2.64. The highest BCUT2D eigenvalue weighted by molar-refractivity contribution is 6.17. The van der Waals surface area contributed by atoms with Gasteiger partial charge in [0.05, 0.1) is 5.36 Å². The molecule has 0 unspecified atom stereocenters. The maximum absolute atomic E-state index is 11.6. The van der Waals surface area contributed by atoms with Gasteiger partial charge in [-0.2, -0.15) is 0 Å². The van der Waals surface area contributed by atoms with Crippen molar-refractivity contribution in [2.24, 2.45) is 4.99 Å². The van der Waals surface area contributed by atoms with E-state index >= 15 is 0 Å². The van der Waals surface area contributed by atoms with Crippen molar-refractivity contribution in [3.63, 3.8) is 0 Å². The predicted octanol–water partition coefficient (Wildman–Crippen LogP) is 1.97. The van der Waals surface area contributed by atoms with Crippen LogP contribution >= 0.6 is 11.6 Å². The summed E-state index contributed by atoms with van der Waals surface area (Å²) in [4.78, 5) is 15.7. The molecule has 1 heterocycles. The Hall–Kier alpha value is -1.15. The standard InChI is InChI=1S/C14H16ClNO/c1-2-11-12-9-10(5-3-4-8-15)6-7-13(12)16-14(11)17/h6-7,9H,2-5,8H2,1H3. The van der Waals surface area contributed by atoms with Crippen molar-refractivity contribution in [2.45, 2.75) is 32.6 Å². The smallest absolute Gasteiger partial charge is 0.267 e. The minimum absolute atomic E-state index is 0.0691. The number of hydrogen-bond acceptors (Lipinski definition) is 1. The Morgan fingerprint density at radius 1 is 1.29 bits per heavy atom. The lowest BCUT2D eigenvalue weighted by Gasteiger charge is -2.00. The van der Waals surface area contributed by atoms with Crippen molar-refractivity contribution in [1.29, 1.82) is 0 Å². The summed E-state index contributed by atoms with van der Waals surface area (Å²) in [7, 11) is 0. The third kappa shape index (κ3) is 2.58. The van der Waals surface area contributed by atoms with Gasteiger partial charge in [0.15, 0.2) is 0 Å². The second-order valence-electron chi connectivity index (χ2n) is 4.25. The zero-order valence-corrected chi connectivity index (χ0v) is 10.8. The van der Waals surface area contributed by atoms with Gasteiger partial charge in [0.1, 0.15) is 0 Å². The molecule has 0 aromatic heterocycles. The highest BCUT2D eigenvalue weighted by atomic mass is 35.5. The Morgan fingerprint density at radius 2 is 2.12 bits per heavy atom. The van der Waals surface area contributed by atoms with Gasteiger partial charge in [-0.1, -0.05) is 13.0 Å². The van der Waals surface area contributed by atoms with Crippen LogP contribution in [0.4, 0.5) is 0 Å². The predicted molar refractivity (Wildman–Crippen MR) is 69.6 cm³/mol. The number of rotatable bonds is 5. The number of alkyl halides is 1. The van der Waals surface area contributed by atoms with E-state index in [4.69, 9.17) is 11.6 Å². The van der Waals surface area contributed by atoms with Crippen LogP contribution < -0.4 is 10.6 Å². The first-order chi connectivity index (χ1) is 8.26. The number of nitrogens with zero attached hydrogens (tertiary/aromatic N) is 1. The van der Waals surface area contributed by atoms with Crippen molar-refractivity contribution < 1.29 is 4.79 Å². The number of unbranched alkanes of at least 4 members (excludes halogenated alkanes) is 1. The molecular formula is C14H16ClNO. The molecule has 3 heteroatoms. The molecule has 0 fully saturated rings. The van der Waals surface area contributed by atoms with Crippen LogP contribution in [0, 0.1) is 0 Å². The van der Waals surface area contributed by atoms with Gasteiger partial charge < -0.3 is 0 Å². The monoisotopic (exact) mass is 249 g/mol. The van der Waals surface area contributed by atoms with Crippen LogP contribution in [0.5, 0.6) is 0 Å². The first-order valence-electron chi connectivity index (χ1n) is 6.07. The Labute approximate surface area is 106 Å². The topological polar surface area (TPSA) is 29.4 Å². The van der Waals surface area contributed by atoms with Crippen molar-refractivity contribution in [3.8, 4) is 0 Å². The second-order valence-corrected chi connectivity index (χ2v) is 4.62. The lowest BCUT2D eigenvalue weighted by atomic mass is 10.0. The summed E-state index contributed by atoms with van der Waals surface area (Å²) < 4.78 is 0. The van der Waals surface area contributed by atoms with E-state index < -0.39 is 0 Å². The van der Waals surface area contributed by atoms with E-state index in [2.05, 4.69) is 17.1 Å². The van der Waals surface area contributed by atoms with E-state index in [-0.39, 0.29) is 5.91 Å². The van der Waals surface area contributed by atoms with E-state index in [0.29, 0.717) is 5.88 Å². The lowest BCUT2D eigenvalue weighted by Crippen LogP contribution is -2.23. The third-order valence-electron chi connectivity index (χ3n) is 3.07. The minimum Gasteiger partial charge on any atom is -0.267 e. The van der Waals surface area contributed by atoms with Crippen LogP contribution in [0.1, 0.15) is 31.7 Å². The second kappa shape index (κ2) is 5.46. The van der Waals surface area contributed by atoms with E-state index in [1.54, 1.807) is 0 Å². The number of amides is 1. The third-order valence-corrected chi connectivity index (χ3v) is 3.34. The highest BCUT2D eigenvalue weighted by Gasteiger charge is 2.14. The maximum atomic E-state index is 11.6. The normalized spacial score (nSPS) is 13.8. The minimum atomic E-state index is -0.0691. The van der Waals surface area contributed by atoms with Gasteiger partial charge in [-0.15, -0.1) is 11.6 Å². The van der Waals surface area contributed by atoms with Crippen molar-refractivity contribution in [1.82, 2.24) is 0 Å². The molecule has 17 heavy (non-hydrogen) atoms. The van der Waals surface area contributed by atoms with Crippen molar-refractivity contribution >= 4 is 23.1 Å². The number of benzene rings is 1. The Morgan fingerprint density at radius 3 is 2.82 bits per heavy atom. The molecule has 1 amide bonds. The Kier molecular flexibility index (Phi) is 3.95. The molecule has 0 bridgehead atoms. The molecular weight excluding hydrogens is 234 g/mol. The molecule has 1 aliphatic heterocycles. The van der Waals surface area contributed by atoms with Gasteiger partial charge in [0.25, 0.3) is 5.91 Å². The fraction of sp³-hybridized carbons (Fsp3) is 0.429. The molecule has 0 radical (unpaired) electrons. The zero-order chi connectivity index (χ0) is 12.3. The summed E-state index contributed by atoms with van der Waals surface area (Å²) in [5.41, 5.74) is 2.11. The summed E-state index contributed by atoms with van der Waals surface area (Å²) in [5, 5.41) is 1.86. The number of fused-ring (bicyclic) bond motifs is 1. The van der Waals surface area contributed by atoms with Gasteiger partial charge in [0, 0.05) is 16.7 Å². The first-order valence-corrected chi connectivity index (χ1v) is 6.61. The molecule has 1 aromatic rings. The SMILES string of the molecule is CCC1=c2cc(CCCCCl)ccc2=NC1=O. The number of carbonyl (C=O) groups excluding carboxylic acids is 1. The number of aryl methyl sites for hydroxylation is 1. The fourth-order valence-electron chi connectivity index (χ4n) is 2.14. The number of carbonyl (C=O) groups is 1. The van der Waals surface area contributed by atoms with Crippen LogP contribution in [0.2, 0.25) is 0 Å². The highest BCUT2D eigenvalue weighted by Crippen LogP contribution is 2.07. The first kappa shape index (κ1) is 12.3. The van der Waals surface area contributed by atoms with Gasteiger partial charge in [-0.3, -0.25) is 4.79 Å². The van der Waals surface area contributed by atoms with Gasteiger partial charge in [-0.25, -0.2) is 4.99 Å². The molecule has 1 aliphatic rings. The van der Waals surface area contributed by atoms with Crippen molar-refractivity contribution in [3.05, 3.63) is 34.3 Å². The van der Waals surface area contributed by atoms with Crippen LogP contribution in [0.15, 0.2) is 23.2 Å². The van der Waals surface area contributed by atoms with Crippen LogP contribution in [-0.4, -0.2) is 11.8 Å². The van der Waals surface area contributed by atoms with E-state index in [0.717, 1.165) is 41.8 Å². The molecule has 0 N–H and O–H groups in total. The zero-order valence-electron chi connectivity index (χ0n) is 10.0. The molecule has 0 spiro atoms. The van der Waals surface area contributed by atoms with Crippen LogP contribution in [0.25, 0.3) is 5.57 Å². The summed E-state index contributed by atoms with van der Waals surface area (Å²) in [6.07, 6.45) is 3.90. The van der Waals surface area contributed by atoms with Gasteiger partial charge in [0.2, 0.25) is 0 Å². The number of halogens is 1. The maximum Gasteiger partial charge on any atom is 0.274 e. The van der Waals surface area contributed by atoms with E-state index in [1.807, 2.05) is 13.0 Å². The molecule has 0 atom stereocenters. The van der Waals surface area contributed by atoms with Crippen LogP contribution in [-0.2, 0) is 11.2 Å². The van der Waals surface area contributed by atoms with E-state index in [1.165, 1.54) is 5.56 Å². The summed E-state index contributed by atoms with van der Waals surface area (Å²) in [6.45, 7) is 2.00. The molecule has 90 valence electrons. The Balaban J connectivity index is 2.32. The largest absolute Gasteiger partial charge is 0.274 e. The molecule has 1 aromatic carbocycles.